The molecule has 0 unspecified atom stereocenters. The molecule has 0 aliphatic carbocycles. The molecule has 0 bridgehead atoms. The van der Waals surface area contributed by atoms with Crippen LogP contribution in [0.1, 0.15) is 21.9 Å². The van der Waals surface area contributed by atoms with E-state index in [0.29, 0.717) is 18.9 Å². The van der Waals surface area contributed by atoms with Crippen LogP contribution in [0.2, 0.25) is 0 Å². The highest BCUT2D eigenvalue weighted by Gasteiger charge is 2.09. The molecule has 1 aromatic carbocycles. The summed E-state index contributed by atoms with van der Waals surface area (Å²) in [5, 5.41) is 2.59. The van der Waals surface area contributed by atoms with Crippen molar-refractivity contribution in [2.75, 3.05) is 6.54 Å². The number of aromatic nitrogens is 1. The predicted octanol–water partition coefficient (Wildman–Crippen LogP) is 2.23. The summed E-state index contributed by atoms with van der Waals surface area (Å²) in [6, 6.07) is 3.02. The second kappa shape index (κ2) is 5.60. The van der Waals surface area contributed by atoms with Crippen LogP contribution in [0.3, 0.4) is 0 Å². The second-order valence-electron chi connectivity index (χ2n) is 3.99. The fraction of sp³-hybridized carbons (Fsp3) is 0.231. The van der Waals surface area contributed by atoms with Gasteiger partial charge < -0.3 is 9.73 Å². The van der Waals surface area contributed by atoms with Gasteiger partial charge >= 0.3 is 0 Å². The summed E-state index contributed by atoms with van der Waals surface area (Å²) in [7, 11) is 0. The first-order valence-electron chi connectivity index (χ1n) is 5.70. The number of benzene rings is 1. The fourth-order valence-electron chi connectivity index (χ4n) is 1.57. The zero-order chi connectivity index (χ0) is 13.8. The van der Waals surface area contributed by atoms with E-state index in [4.69, 9.17) is 4.42 Å². The van der Waals surface area contributed by atoms with Crippen molar-refractivity contribution in [1.82, 2.24) is 10.3 Å². The third-order valence-electron chi connectivity index (χ3n) is 2.52. The van der Waals surface area contributed by atoms with Crippen molar-refractivity contribution in [3.63, 3.8) is 0 Å². The van der Waals surface area contributed by atoms with E-state index in [1.807, 2.05) is 0 Å². The number of hydrogen-bond donors (Lipinski definition) is 1. The maximum atomic E-state index is 13.0. The Kier molecular flexibility index (Phi) is 3.89. The Morgan fingerprint density at radius 1 is 1.37 bits per heavy atom. The molecule has 100 valence electrons. The molecule has 6 heteroatoms. The topological polar surface area (TPSA) is 55.1 Å². The van der Waals surface area contributed by atoms with Gasteiger partial charge in [0.15, 0.2) is 17.5 Å². The standard InChI is InChI=1S/C13H12F2N2O2/c1-8-17-10(7-19-8)4-5-16-13(18)9-2-3-11(14)12(15)6-9/h2-3,6-7H,4-5H2,1H3,(H,16,18). The highest BCUT2D eigenvalue weighted by atomic mass is 19.2. The Morgan fingerprint density at radius 2 is 2.16 bits per heavy atom. The quantitative estimate of drug-likeness (QED) is 0.923. The molecule has 0 radical (unpaired) electrons. The number of hydrogen-bond acceptors (Lipinski definition) is 3. The van der Waals surface area contributed by atoms with Crippen LogP contribution in [-0.2, 0) is 6.42 Å². The van der Waals surface area contributed by atoms with Gasteiger partial charge in [-0.3, -0.25) is 4.79 Å². The number of carbonyl (C=O) groups is 1. The van der Waals surface area contributed by atoms with Gasteiger partial charge in [0, 0.05) is 25.5 Å². The summed E-state index contributed by atoms with van der Waals surface area (Å²) in [4.78, 5) is 15.7. The predicted molar refractivity (Wildman–Crippen MR) is 63.6 cm³/mol. The van der Waals surface area contributed by atoms with E-state index in [1.165, 1.54) is 12.3 Å². The molecular weight excluding hydrogens is 254 g/mol. The van der Waals surface area contributed by atoms with Gasteiger partial charge in [-0.1, -0.05) is 0 Å². The summed E-state index contributed by atoms with van der Waals surface area (Å²) in [5.41, 5.74) is 0.804. The first-order valence-corrected chi connectivity index (χ1v) is 5.70. The van der Waals surface area contributed by atoms with Crippen molar-refractivity contribution in [2.45, 2.75) is 13.3 Å². The molecular formula is C13H12F2N2O2. The Balaban J connectivity index is 1.89. The Labute approximate surface area is 108 Å². The van der Waals surface area contributed by atoms with Crippen molar-refractivity contribution in [3.05, 3.63) is 53.2 Å². The smallest absolute Gasteiger partial charge is 0.251 e. The third-order valence-corrected chi connectivity index (χ3v) is 2.52. The average Bonchev–Trinajstić information content (AvgIpc) is 2.78. The van der Waals surface area contributed by atoms with E-state index in [-0.39, 0.29) is 5.56 Å². The zero-order valence-corrected chi connectivity index (χ0v) is 10.2. The number of oxazole rings is 1. The minimum absolute atomic E-state index is 0.0789. The van der Waals surface area contributed by atoms with Gasteiger partial charge in [-0.2, -0.15) is 0 Å². The van der Waals surface area contributed by atoms with Crippen LogP contribution in [0.4, 0.5) is 8.78 Å². The fourth-order valence-corrected chi connectivity index (χ4v) is 1.57. The van der Waals surface area contributed by atoms with E-state index >= 15 is 0 Å². The minimum Gasteiger partial charge on any atom is -0.449 e. The van der Waals surface area contributed by atoms with Crippen LogP contribution in [-0.4, -0.2) is 17.4 Å². The molecule has 1 aromatic heterocycles. The number of rotatable bonds is 4. The SMILES string of the molecule is Cc1nc(CCNC(=O)c2ccc(F)c(F)c2)co1. The van der Waals surface area contributed by atoms with Gasteiger partial charge in [0.2, 0.25) is 0 Å². The van der Waals surface area contributed by atoms with Crippen LogP contribution < -0.4 is 5.32 Å². The van der Waals surface area contributed by atoms with Crippen LogP contribution in [0.25, 0.3) is 0 Å². The lowest BCUT2D eigenvalue weighted by molar-refractivity contribution is 0.0953. The molecule has 0 spiro atoms. The largest absolute Gasteiger partial charge is 0.449 e. The number of halogens is 2. The maximum absolute atomic E-state index is 13.0. The average molecular weight is 266 g/mol. The van der Waals surface area contributed by atoms with E-state index in [2.05, 4.69) is 10.3 Å². The molecule has 2 aromatic rings. The Bertz CT molecular complexity index is 596. The lowest BCUT2D eigenvalue weighted by Gasteiger charge is -2.04. The number of nitrogens with one attached hydrogen (secondary N) is 1. The summed E-state index contributed by atoms with van der Waals surface area (Å²) in [5.74, 6) is -1.92. The normalized spacial score (nSPS) is 10.5. The van der Waals surface area contributed by atoms with Gasteiger partial charge in [-0.05, 0) is 18.2 Å². The summed E-state index contributed by atoms with van der Waals surface area (Å²) in [6.45, 7) is 2.06. The van der Waals surface area contributed by atoms with Gasteiger partial charge in [0.1, 0.15) is 6.26 Å². The zero-order valence-electron chi connectivity index (χ0n) is 10.2. The van der Waals surface area contributed by atoms with Crippen molar-refractivity contribution in [3.8, 4) is 0 Å². The van der Waals surface area contributed by atoms with E-state index in [1.54, 1.807) is 6.92 Å². The molecule has 0 aliphatic rings. The molecule has 0 saturated carbocycles. The first kappa shape index (κ1) is 13.2. The molecule has 0 atom stereocenters. The number of nitrogens with zero attached hydrogens (tertiary/aromatic N) is 1. The molecule has 0 saturated heterocycles. The van der Waals surface area contributed by atoms with Gasteiger partial charge in [-0.25, -0.2) is 13.8 Å². The molecule has 0 fully saturated rings. The molecule has 1 amide bonds. The van der Waals surface area contributed by atoms with E-state index in [9.17, 15) is 13.6 Å². The minimum atomic E-state index is -1.04. The van der Waals surface area contributed by atoms with Gasteiger partial charge in [-0.15, -0.1) is 0 Å². The van der Waals surface area contributed by atoms with Gasteiger partial charge in [0.05, 0.1) is 5.69 Å². The van der Waals surface area contributed by atoms with Gasteiger partial charge in [0.25, 0.3) is 5.91 Å². The molecule has 1 N–H and O–H groups in total. The highest BCUT2D eigenvalue weighted by molar-refractivity contribution is 5.94. The number of amides is 1. The van der Waals surface area contributed by atoms with Crippen LogP contribution in [0.5, 0.6) is 0 Å². The van der Waals surface area contributed by atoms with E-state index in [0.717, 1.165) is 17.8 Å². The summed E-state index contributed by atoms with van der Waals surface area (Å²) in [6.07, 6.45) is 2.02. The first-order chi connectivity index (χ1) is 9.06. The Morgan fingerprint density at radius 3 is 2.79 bits per heavy atom. The van der Waals surface area contributed by atoms with Crippen molar-refractivity contribution >= 4 is 5.91 Å². The molecule has 4 nitrogen and oxygen atoms in total. The lowest BCUT2D eigenvalue weighted by Crippen LogP contribution is -2.25. The van der Waals surface area contributed by atoms with Crippen LogP contribution >= 0.6 is 0 Å². The van der Waals surface area contributed by atoms with Crippen molar-refractivity contribution < 1.29 is 18.0 Å². The third kappa shape index (κ3) is 3.37. The van der Waals surface area contributed by atoms with E-state index < -0.39 is 17.5 Å². The molecule has 2 rings (SSSR count). The summed E-state index contributed by atoms with van der Waals surface area (Å²) >= 11 is 0. The summed E-state index contributed by atoms with van der Waals surface area (Å²) < 4.78 is 30.7. The Hall–Kier alpha value is -2.24. The molecule has 19 heavy (non-hydrogen) atoms. The van der Waals surface area contributed by atoms with Crippen LogP contribution in [0, 0.1) is 18.6 Å². The monoisotopic (exact) mass is 266 g/mol. The van der Waals surface area contributed by atoms with Crippen LogP contribution in [0.15, 0.2) is 28.9 Å². The molecule has 1 heterocycles. The van der Waals surface area contributed by atoms with Crippen molar-refractivity contribution in [1.29, 1.82) is 0 Å². The molecule has 0 aliphatic heterocycles. The van der Waals surface area contributed by atoms with Crippen molar-refractivity contribution in [2.24, 2.45) is 0 Å². The number of carbonyl (C=O) groups excluding carboxylic acids is 1. The lowest BCUT2D eigenvalue weighted by atomic mass is 10.2. The maximum Gasteiger partial charge on any atom is 0.251 e. The second-order valence-corrected chi connectivity index (χ2v) is 3.99. The highest BCUT2D eigenvalue weighted by Crippen LogP contribution is 2.08. The number of aryl methyl sites for hydroxylation is 1.